The van der Waals surface area contributed by atoms with Gasteiger partial charge in [0, 0.05) is 35.5 Å². The molecule has 0 unspecified atom stereocenters. The van der Waals surface area contributed by atoms with Crippen LogP contribution in [0.1, 0.15) is 35.8 Å². The normalized spacial score (nSPS) is 18.5. The third-order valence-corrected chi connectivity index (χ3v) is 5.98. The van der Waals surface area contributed by atoms with Gasteiger partial charge in [0.05, 0.1) is 24.0 Å². The molecule has 1 fully saturated rings. The third-order valence-electron chi connectivity index (χ3n) is 5.98. The van der Waals surface area contributed by atoms with Gasteiger partial charge < -0.3 is 9.64 Å². The molecular weight excluding hydrogens is 438 g/mol. The highest BCUT2D eigenvalue weighted by molar-refractivity contribution is 5.92. The van der Waals surface area contributed by atoms with Crippen LogP contribution in [-0.2, 0) is 4.74 Å². The molecule has 0 spiro atoms. The summed E-state index contributed by atoms with van der Waals surface area (Å²) in [4.78, 5) is 24.8. The summed E-state index contributed by atoms with van der Waals surface area (Å²) in [7, 11) is 0. The number of halogens is 2. The second kappa shape index (κ2) is 8.64. The first kappa shape index (κ1) is 22.2. The van der Waals surface area contributed by atoms with E-state index in [9.17, 15) is 8.78 Å². The topological polar surface area (TPSA) is 76.9 Å². The Balaban J connectivity index is 1.64. The summed E-state index contributed by atoms with van der Waals surface area (Å²) in [6.45, 7) is 8.64. The van der Waals surface area contributed by atoms with E-state index in [4.69, 9.17) is 14.7 Å². The number of benzene rings is 1. The van der Waals surface area contributed by atoms with Crippen molar-refractivity contribution in [1.82, 2.24) is 24.9 Å². The van der Waals surface area contributed by atoms with E-state index in [1.165, 1.54) is 12.1 Å². The molecule has 1 aliphatic heterocycles. The molecule has 0 bridgehead atoms. The van der Waals surface area contributed by atoms with Gasteiger partial charge in [0.25, 0.3) is 0 Å². The summed E-state index contributed by atoms with van der Waals surface area (Å²) in [6.07, 6.45) is 1.29. The van der Waals surface area contributed by atoms with E-state index in [1.807, 2.05) is 44.7 Å². The zero-order chi connectivity index (χ0) is 24.0. The maximum absolute atomic E-state index is 14.8. The molecule has 2 atom stereocenters. The standard InChI is InChI=1S/C25H24F2N6O/c1-13-9-19-23(18-6-5-17(26)10-20(18)27)31-25(32-24(19)29-15(13)3)33-11-14(2)34-22(12-33)21-7-8-28-16(4)30-21/h5-10,14,22H,11-12H2,1-4H3/t14-,22-/m1/s1. The van der Waals surface area contributed by atoms with Crippen LogP contribution in [0.5, 0.6) is 0 Å². The van der Waals surface area contributed by atoms with Crippen molar-refractivity contribution in [3.05, 3.63) is 70.9 Å². The molecule has 0 N–H and O–H groups in total. The van der Waals surface area contributed by atoms with Crippen molar-refractivity contribution in [2.45, 2.75) is 39.9 Å². The SMILES string of the molecule is Cc1nccc([C@H]2CN(c3nc(-c4ccc(F)cc4F)c4cc(C)c(C)nc4n3)C[C@@H](C)O2)n1. The van der Waals surface area contributed by atoms with E-state index in [-0.39, 0.29) is 17.8 Å². The van der Waals surface area contributed by atoms with E-state index >= 15 is 0 Å². The molecule has 7 nitrogen and oxygen atoms in total. The Kier molecular flexibility index (Phi) is 5.65. The number of pyridine rings is 1. The van der Waals surface area contributed by atoms with Crippen LogP contribution in [0.2, 0.25) is 0 Å². The molecule has 3 aromatic heterocycles. The van der Waals surface area contributed by atoms with Crippen LogP contribution in [0.15, 0.2) is 36.5 Å². The van der Waals surface area contributed by atoms with Gasteiger partial charge in [-0.25, -0.2) is 28.7 Å². The Bertz CT molecular complexity index is 1400. The Morgan fingerprint density at radius 2 is 1.79 bits per heavy atom. The fourth-order valence-corrected chi connectivity index (χ4v) is 4.19. The van der Waals surface area contributed by atoms with Crippen LogP contribution in [0.4, 0.5) is 14.7 Å². The molecule has 0 saturated carbocycles. The average molecular weight is 463 g/mol. The van der Waals surface area contributed by atoms with E-state index in [0.717, 1.165) is 23.0 Å². The Morgan fingerprint density at radius 3 is 2.56 bits per heavy atom. The average Bonchev–Trinajstić information content (AvgIpc) is 2.79. The fraction of sp³-hybridized carbons (Fsp3) is 0.320. The highest BCUT2D eigenvalue weighted by Gasteiger charge is 2.30. The first-order chi connectivity index (χ1) is 16.3. The van der Waals surface area contributed by atoms with Gasteiger partial charge in [-0.3, -0.25) is 0 Å². The minimum absolute atomic E-state index is 0.118. The zero-order valence-electron chi connectivity index (χ0n) is 19.4. The smallest absolute Gasteiger partial charge is 0.228 e. The number of morpholine rings is 1. The number of ether oxygens (including phenoxy) is 1. The molecule has 1 aliphatic rings. The largest absolute Gasteiger partial charge is 0.365 e. The number of hydrogen-bond acceptors (Lipinski definition) is 7. The summed E-state index contributed by atoms with van der Waals surface area (Å²) in [5.74, 6) is -0.256. The Morgan fingerprint density at radius 1 is 0.971 bits per heavy atom. The summed E-state index contributed by atoms with van der Waals surface area (Å²) in [5, 5.41) is 0.613. The number of aryl methyl sites for hydroxylation is 3. The van der Waals surface area contributed by atoms with E-state index in [2.05, 4.69) is 15.0 Å². The van der Waals surface area contributed by atoms with Crippen molar-refractivity contribution in [2.75, 3.05) is 18.0 Å². The Labute approximate surface area is 195 Å². The van der Waals surface area contributed by atoms with Gasteiger partial charge in [0.2, 0.25) is 5.95 Å². The lowest BCUT2D eigenvalue weighted by Gasteiger charge is -2.36. The zero-order valence-corrected chi connectivity index (χ0v) is 19.4. The number of anilines is 1. The fourth-order valence-electron chi connectivity index (χ4n) is 4.19. The molecule has 174 valence electrons. The van der Waals surface area contributed by atoms with Crippen LogP contribution in [0.3, 0.4) is 0 Å². The van der Waals surface area contributed by atoms with Crippen molar-refractivity contribution in [2.24, 2.45) is 0 Å². The summed E-state index contributed by atoms with van der Waals surface area (Å²) < 4.78 is 34.6. The van der Waals surface area contributed by atoms with Crippen LogP contribution in [0, 0.1) is 32.4 Å². The van der Waals surface area contributed by atoms with Gasteiger partial charge in [-0.1, -0.05) is 0 Å². The number of hydrogen-bond donors (Lipinski definition) is 0. The lowest BCUT2D eigenvalue weighted by molar-refractivity contribution is -0.0201. The molecule has 9 heteroatoms. The first-order valence-electron chi connectivity index (χ1n) is 11.1. The minimum Gasteiger partial charge on any atom is -0.365 e. The molecule has 5 rings (SSSR count). The molecule has 4 aromatic rings. The van der Waals surface area contributed by atoms with Gasteiger partial charge in [0.1, 0.15) is 23.6 Å². The van der Waals surface area contributed by atoms with Gasteiger partial charge >= 0.3 is 0 Å². The van der Waals surface area contributed by atoms with Gasteiger partial charge in [-0.05, 0) is 57.5 Å². The van der Waals surface area contributed by atoms with E-state index in [0.29, 0.717) is 41.6 Å². The third kappa shape index (κ3) is 4.19. The summed E-state index contributed by atoms with van der Waals surface area (Å²) in [6, 6.07) is 7.22. The molecule has 0 amide bonds. The number of rotatable bonds is 3. The predicted octanol–water partition coefficient (Wildman–Crippen LogP) is 4.65. The molecule has 1 saturated heterocycles. The maximum atomic E-state index is 14.8. The van der Waals surface area contributed by atoms with Gasteiger partial charge in [-0.2, -0.15) is 4.98 Å². The second-order valence-corrected chi connectivity index (χ2v) is 8.63. The lowest BCUT2D eigenvalue weighted by Crippen LogP contribution is -2.44. The van der Waals surface area contributed by atoms with E-state index in [1.54, 1.807) is 6.20 Å². The summed E-state index contributed by atoms with van der Waals surface area (Å²) >= 11 is 0. The molecule has 0 radical (unpaired) electrons. The van der Waals surface area contributed by atoms with Crippen molar-refractivity contribution in [1.29, 1.82) is 0 Å². The molecule has 34 heavy (non-hydrogen) atoms. The second-order valence-electron chi connectivity index (χ2n) is 8.63. The number of nitrogens with zero attached hydrogens (tertiary/aromatic N) is 6. The van der Waals surface area contributed by atoms with Crippen LogP contribution >= 0.6 is 0 Å². The van der Waals surface area contributed by atoms with E-state index < -0.39 is 11.6 Å². The number of fused-ring (bicyclic) bond motifs is 1. The predicted molar refractivity (Wildman–Crippen MR) is 124 cm³/mol. The van der Waals surface area contributed by atoms with Gasteiger partial charge in [-0.15, -0.1) is 0 Å². The number of aromatic nitrogens is 5. The van der Waals surface area contributed by atoms with Crippen molar-refractivity contribution in [3.8, 4) is 11.3 Å². The maximum Gasteiger partial charge on any atom is 0.228 e. The highest BCUT2D eigenvalue weighted by atomic mass is 19.1. The molecule has 1 aromatic carbocycles. The van der Waals surface area contributed by atoms with Crippen LogP contribution in [0.25, 0.3) is 22.3 Å². The molecular formula is C25H24F2N6O. The monoisotopic (exact) mass is 462 g/mol. The van der Waals surface area contributed by atoms with Crippen molar-refractivity contribution in [3.63, 3.8) is 0 Å². The van der Waals surface area contributed by atoms with Crippen molar-refractivity contribution < 1.29 is 13.5 Å². The highest BCUT2D eigenvalue weighted by Crippen LogP contribution is 2.33. The summed E-state index contributed by atoms with van der Waals surface area (Å²) in [5.41, 5.74) is 3.57. The minimum atomic E-state index is -0.686. The Hall–Kier alpha value is -3.59. The molecule has 0 aliphatic carbocycles. The first-order valence-corrected chi connectivity index (χ1v) is 11.1. The van der Waals surface area contributed by atoms with Crippen molar-refractivity contribution >= 4 is 17.0 Å². The van der Waals surface area contributed by atoms with Gasteiger partial charge in [0.15, 0.2) is 5.65 Å². The van der Waals surface area contributed by atoms with Crippen LogP contribution in [-0.4, -0.2) is 44.1 Å². The molecule has 4 heterocycles. The van der Waals surface area contributed by atoms with Crippen LogP contribution < -0.4 is 4.90 Å². The quantitative estimate of drug-likeness (QED) is 0.439. The lowest BCUT2D eigenvalue weighted by atomic mass is 10.1.